The summed E-state index contributed by atoms with van der Waals surface area (Å²) in [7, 11) is 0. The van der Waals surface area contributed by atoms with Crippen LogP contribution in [0.4, 0.5) is 9.18 Å². The Morgan fingerprint density at radius 1 is 1.37 bits per heavy atom. The van der Waals surface area contributed by atoms with Gasteiger partial charge in [0.2, 0.25) is 5.91 Å². The zero-order chi connectivity index (χ0) is 19.6. The molecule has 1 fully saturated rings. The number of nitrogens with one attached hydrogen (secondary N) is 2. The summed E-state index contributed by atoms with van der Waals surface area (Å²) in [5.74, 6) is -0.540. The van der Waals surface area contributed by atoms with Crippen LogP contribution in [0.5, 0.6) is 0 Å². The van der Waals surface area contributed by atoms with Crippen molar-refractivity contribution in [3.63, 3.8) is 0 Å². The smallest absolute Gasteiger partial charge is 0.410 e. The number of H-pyrrole nitrogens is 1. The highest BCUT2D eigenvalue weighted by molar-refractivity contribution is 5.83. The molecule has 1 aromatic carbocycles. The molecule has 0 saturated carbocycles. The molecule has 0 spiro atoms. The average molecular weight is 375 g/mol. The van der Waals surface area contributed by atoms with Crippen LogP contribution in [0.3, 0.4) is 0 Å². The number of likely N-dealkylation sites (tertiary alicyclic amines) is 1. The number of benzene rings is 1. The lowest BCUT2D eigenvalue weighted by atomic mass is 10.1. The maximum absolute atomic E-state index is 13.2. The standard InChI is InChI=1S/C20H26FN3O3/c1-20(2,3)27-19(26)24-9-7-14(12-24)18(25)22-8-6-13-11-23-17-10-15(21)4-5-16(13)17/h4-5,10-11,14,23H,6-9,12H2,1-3H3,(H,22,25). The van der Waals surface area contributed by atoms with E-state index in [1.165, 1.54) is 12.1 Å². The summed E-state index contributed by atoms with van der Waals surface area (Å²) >= 11 is 0. The van der Waals surface area contributed by atoms with Gasteiger partial charge in [-0.15, -0.1) is 0 Å². The molecule has 1 aliphatic rings. The van der Waals surface area contributed by atoms with E-state index in [1.54, 1.807) is 11.0 Å². The Hall–Kier alpha value is -2.57. The molecule has 1 unspecified atom stereocenters. The molecule has 6 nitrogen and oxygen atoms in total. The van der Waals surface area contributed by atoms with Crippen molar-refractivity contribution < 1.29 is 18.7 Å². The van der Waals surface area contributed by atoms with Gasteiger partial charge in [0.1, 0.15) is 11.4 Å². The topological polar surface area (TPSA) is 74.4 Å². The molecule has 2 aromatic rings. The van der Waals surface area contributed by atoms with Crippen LogP contribution >= 0.6 is 0 Å². The second kappa shape index (κ2) is 7.58. The van der Waals surface area contributed by atoms with Gasteiger partial charge in [0, 0.05) is 36.7 Å². The number of fused-ring (bicyclic) bond motifs is 1. The monoisotopic (exact) mass is 375 g/mol. The molecule has 3 rings (SSSR count). The van der Waals surface area contributed by atoms with Crippen molar-refractivity contribution in [3.05, 3.63) is 35.8 Å². The minimum Gasteiger partial charge on any atom is -0.444 e. The van der Waals surface area contributed by atoms with Gasteiger partial charge < -0.3 is 19.9 Å². The first-order valence-electron chi connectivity index (χ1n) is 9.24. The molecule has 146 valence electrons. The molecule has 0 radical (unpaired) electrons. The molecule has 1 saturated heterocycles. The lowest BCUT2D eigenvalue weighted by Crippen LogP contribution is -2.38. The van der Waals surface area contributed by atoms with Crippen LogP contribution in [-0.4, -0.2) is 47.1 Å². The van der Waals surface area contributed by atoms with Crippen molar-refractivity contribution in [2.75, 3.05) is 19.6 Å². The van der Waals surface area contributed by atoms with E-state index >= 15 is 0 Å². The van der Waals surface area contributed by atoms with Gasteiger partial charge in [0.05, 0.1) is 5.92 Å². The number of halogens is 1. The van der Waals surface area contributed by atoms with E-state index in [0.29, 0.717) is 32.5 Å². The Balaban J connectivity index is 1.48. The van der Waals surface area contributed by atoms with E-state index in [0.717, 1.165) is 16.5 Å². The Kier molecular flexibility index (Phi) is 5.39. The number of ether oxygens (including phenoxy) is 1. The first-order chi connectivity index (χ1) is 12.7. The molecule has 1 aliphatic heterocycles. The molecule has 1 atom stereocenters. The summed E-state index contributed by atoms with van der Waals surface area (Å²) in [6.07, 6.45) is 2.76. The summed E-state index contributed by atoms with van der Waals surface area (Å²) in [5, 5.41) is 3.90. The highest BCUT2D eigenvalue weighted by Gasteiger charge is 2.33. The Morgan fingerprint density at radius 3 is 2.89 bits per heavy atom. The van der Waals surface area contributed by atoms with Crippen LogP contribution < -0.4 is 5.32 Å². The average Bonchev–Trinajstić information content (AvgIpc) is 3.20. The predicted octanol–water partition coefficient (Wildman–Crippen LogP) is 3.22. The van der Waals surface area contributed by atoms with Crippen LogP contribution in [0.15, 0.2) is 24.4 Å². The van der Waals surface area contributed by atoms with Gasteiger partial charge in [0.25, 0.3) is 0 Å². The third kappa shape index (κ3) is 4.78. The van der Waals surface area contributed by atoms with E-state index in [9.17, 15) is 14.0 Å². The number of aromatic amines is 1. The fourth-order valence-electron chi connectivity index (χ4n) is 3.30. The molecule has 27 heavy (non-hydrogen) atoms. The van der Waals surface area contributed by atoms with Gasteiger partial charge in [-0.3, -0.25) is 4.79 Å². The third-order valence-corrected chi connectivity index (χ3v) is 4.63. The van der Waals surface area contributed by atoms with E-state index in [1.807, 2.05) is 27.0 Å². The number of hydrogen-bond acceptors (Lipinski definition) is 3. The van der Waals surface area contributed by atoms with Crippen molar-refractivity contribution in [3.8, 4) is 0 Å². The first-order valence-corrected chi connectivity index (χ1v) is 9.24. The lowest BCUT2D eigenvalue weighted by Gasteiger charge is -2.24. The largest absolute Gasteiger partial charge is 0.444 e. The third-order valence-electron chi connectivity index (χ3n) is 4.63. The summed E-state index contributed by atoms with van der Waals surface area (Å²) in [6, 6.07) is 4.64. The molecule has 2 heterocycles. The first kappa shape index (κ1) is 19.2. The van der Waals surface area contributed by atoms with Gasteiger partial charge in [0.15, 0.2) is 0 Å². The van der Waals surface area contributed by atoms with Gasteiger partial charge in [-0.1, -0.05) is 0 Å². The molecule has 0 bridgehead atoms. The van der Waals surface area contributed by atoms with E-state index in [2.05, 4.69) is 10.3 Å². The van der Waals surface area contributed by atoms with Crippen LogP contribution in [-0.2, 0) is 16.0 Å². The van der Waals surface area contributed by atoms with Crippen molar-refractivity contribution in [2.45, 2.75) is 39.2 Å². The SMILES string of the molecule is CC(C)(C)OC(=O)N1CCC(C(=O)NCCc2c[nH]c3cc(F)ccc23)C1. The summed E-state index contributed by atoms with van der Waals surface area (Å²) < 4.78 is 18.6. The molecular formula is C20H26FN3O3. The minimum atomic E-state index is -0.542. The second-order valence-corrected chi connectivity index (χ2v) is 7.96. The van der Waals surface area contributed by atoms with Crippen molar-refractivity contribution >= 4 is 22.9 Å². The highest BCUT2D eigenvalue weighted by atomic mass is 19.1. The van der Waals surface area contributed by atoms with Gasteiger partial charge >= 0.3 is 6.09 Å². The molecule has 0 aliphatic carbocycles. The maximum atomic E-state index is 13.2. The zero-order valence-corrected chi connectivity index (χ0v) is 16.0. The lowest BCUT2D eigenvalue weighted by molar-refractivity contribution is -0.124. The normalized spacial score (nSPS) is 17.3. The predicted molar refractivity (Wildman–Crippen MR) is 101 cm³/mol. The Morgan fingerprint density at radius 2 is 2.15 bits per heavy atom. The summed E-state index contributed by atoms with van der Waals surface area (Å²) in [6.45, 7) is 6.87. The summed E-state index contributed by atoms with van der Waals surface area (Å²) in [4.78, 5) is 29.1. The fourth-order valence-corrected chi connectivity index (χ4v) is 3.30. The highest BCUT2D eigenvalue weighted by Crippen LogP contribution is 2.21. The maximum Gasteiger partial charge on any atom is 0.410 e. The quantitative estimate of drug-likeness (QED) is 0.862. The molecular weight excluding hydrogens is 349 g/mol. The van der Waals surface area contributed by atoms with E-state index in [-0.39, 0.29) is 23.7 Å². The second-order valence-electron chi connectivity index (χ2n) is 7.96. The molecule has 2 N–H and O–H groups in total. The number of carbonyl (C=O) groups is 2. The number of rotatable bonds is 4. The molecule has 2 amide bonds. The van der Waals surface area contributed by atoms with Crippen molar-refractivity contribution in [2.24, 2.45) is 5.92 Å². The van der Waals surface area contributed by atoms with Gasteiger partial charge in [-0.25, -0.2) is 9.18 Å². The number of nitrogens with zero attached hydrogens (tertiary/aromatic N) is 1. The Labute approximate surface area is 158 Å². The van der Waals surface area contributed by atoms with Crippen molar-refractivity contribution in [1.29, 1.82) is 0 Å². The Bertz CT molecular complexity index is 841. The fraction of sp³-hybridized carbons (Fsp3) is 0.500. The van der Waals surface area contributed by atoms with Crippen LogP contribution in [0.2, 0.25) is 0 Å². The van der Waals surface area contributed by atoms with Gasteiger partial charge in [-0.05, 0) is 57.4 Å². The van der Waals surface area contributed by atoms with Crippen LogP contribution in [0, 0.1) is 11.7 Å². The molecule has 7 heteroatoms. The number of carbonyl (C=O) groups excluding carboxylic acids is 2. The zero-order valence-electron chi connectivity index (χ0n) is 16.0. The van der Waals surface area contributed by atoms with Crippen LogP contribution in [0.25, 0.3) is 10.9 Å². The van der Waals surface area contributed by atoms with Crippen LogP contribution in [0.1, 0.15) is 32.8 Å². The molecule has 1 aromatic heterocycles. The van der Waals surface area contributed by atoms with E-state index in [4.69, 9.17) is 4.74 Å². The van der Waals surface area contributed by atoms with Crippen molar-refractivity contribution in [1.82, 2.24) is 15.2 Å². The number of amides is 2. The number of hydrogen-bond donors (Lipinski definition) is 2. The number of aromatic nitrogens is 1. The van der Waals surface area contributed by atoms with Gasteiger partial charge in [-0.2, -0.15) is 0 Å². The minimum absolute atomic E-state index is 0.0491. The van der Waals surface area contributed by atoms with E-state index < -0.39 is 5.60 Å². The summed E-state index contributed by atoms with van der Waals surface area (Å²) in [5.41, 5.74) is 1.24.